The van der Waals surface area contributed by atoms with Crippen LogP contribution < -0.4 is 0 Å². The molecule has 0 fully saturated rings. The largest absolute Gasteiger partial charge is 0.309 e. The van der Waals surface area contributed by atoms with E-state index in [2.05, 4.69) is 202 Å². The van der Waals surface area contributed by atoms with E-state index in [0.717, 1.165) is 61.1 Å². The van der Waals surface area contributed by atoms with Crippen molar-refractivity contribution in [3.05, 3.63) is 188 Å². The normalized spacial score (nSPS) is 12.4. The molecule has 5 nitrogen and oxygen atoms in total. The van der Waals surface area contributed by atoms with Crippen LogP contribution in [0.4, 0.5) is 0 Å². The third-order valence-corrected chi connectivity index (χ3v) is 12.7. The summed E-state index contributed by atoms with van der Waals surface area (Å²) < 4.78 is 7.37. The standard InChI is InChI=1S/C54H31N5/c1-3-15-33(16-4-1)50-54(56-51-35-19-8-7-14-32(35)28-30-41(51)55-50)58-43-25-12-21-36-37-22-11-23-38-39-29-31-46-48(40-20-9-10-24-42(40)57(46)34-17-5-2-6-18-34)53(39)59(52(37)38)45-27-13-26-44(58)49(45)47(36)43/h1-31H. The molecule has 0 unspecified atom stereocenters. The van der Waals surface area contributed by atoms with Gasteiger partial charge in [0.25, 0.3) is 0 Å². The lowest BCUT2D eigenvalue weighted by Gasteiger charge is -2.15. The Kier molecular flexibility index (Phi) is 5.96. The summed E-state index contributed by atoms with van der Waals surface area (Å²) >= 11 is 0. The summed E-state index contributed by atoms with van der Waals surface area (Å²) in [6, 6.07) is 68.0. The first-order chi connectivity index (χ1) is 29.3. The molecule has 5 heterocycles. The number of fused-ring (bicyclic) bond motifs is 12. The molecule has 0 aliphatic carbocycles. The molecule has 0 saturated heterocycles. The van der Waals surface area contributed by atoms with Gasteiger partial charge in [0.15, 0.2) is 5.82 Å². The second-order valence-corrected chi connectivity index (χ2v) is 15.7. The first-order valence-electron chi connectivity index (χ1n) is 20.2. The maximum Gasteiger partial charge on any atom is 0.165 e. The van der Waals surface area contributed by atoms with Crippen molar-refractivity contribution in [2.24, 2.45) is 0 Å². The number of nitrogens with zero attached hydrogens (tertiary/aromatic N) is 5. The van der Waals surface area contributed by atoms with Gasteiger partial charge in [-0.05, 0) is 59.3 Å². The van der Waals surface area contributed by atoms with Crippen molar-refractivity contribution in [3.63, 3.8) is 0 Å². The highest BCUT2D eigenvalue weighted by Gasteiger charge is 2.26. The number of aromatic nitrogens is 5. The summed E-state index contributed by atoms with van der Waals surface area (Å²) in [6.45, 7) is 0. The molecule has 0 aliphatic rings. The SMILES string of the molecule is c1ccc(-c2nc3ccc4ccccc4c3nc2-n2c3cccc4c5cccc6c7ccc8c(c9ccccc9n8-c8ccccc8)c7n(c7cccc2c7c43)c56)cc1. The fourth-order valence-corrected chi connectivity index (χ4v) is 10.4. The Labute approximate surface area is 336 Å². The van der Waals surface area contributed by atoms with Crippen LogP contribution in [-0.4, -0.2) is 23.5 Å². The zero-order valence-corrected chi connectivity index (χ0v) is 31.6. The van der Waals surface area contributed by atoms with Crippen molar-refractivity contribution < 1.29 is 0 Å². The summed E-state index contributed by atoms with van der Waals surface area (Å²) in [4.78, 5) is 11.1. The molecular weight excluding hydrogens is 719 g/mol. The van der Waals surface area contributed by atoms with Crippen LogP contribution >= 0.6 is 0 Å². The van der Waals surface area contributed by atoms with E-state index < -0.39 is 0 Å². The Morgan fingerprint density at radius 3 is 1.81 bits per heavy atom. The molecule has 0 aliphatic heterocycles. The van der Waals surface area contributed by atoms with E-state index in [1.54, 1.807) is 0 Å². The van der Waals surface area contributed by atoms with Crippen LogP contribution in [0.1, 0.15) is 0 Å². The van der Waals surface area contributed by atoms with Gasteiger partial charge in [0, 0.05) is 54.3 Å². The molecule has 5 heteroatoms. The van der Waals surface area contributed by atoms with E-state index in [1.165, 1.54) is 65.2 Å². The van der Waals surface area contributed by atoms with Crippen molar-refractivity contribution in [1.82, 2.24) is 23.5 Å². The maximum absolute atomic E-state index is 5.65. The summed E-state index contributed by atoms with van der Waals surface area (Å²) in [5.41, 5.74) is 13.0. The number of rotatable bonds is 3. The van der Waals surface area contributed by atoms with Gasteiger partial charge < -0.3 is 8.97 Å². The van der Waals surface area contributed by atoms with E-state index in [1.807, 2.05) is 0 Å². The average Bonchev–Trinajstić information content (AvgIpc) is 3.92. The van der Waals surface area contributed by atoms with Crippen LogP contribution in [0.25, 0.3) is 126 Å². The monoisotopic (exact) mass is 749 g/mol. The fourth-order valence-electron chi connectivity index (χ4n) is 10.4. The zero-order chi connectivity index (χ0) is 38.3. The highest BCUT2D eigenvalue weighted by molar-refractivity contribution is 6.34. The summed E-state index contributed by atoms with van der Waals surface area (Å²) in [5, 5.41) is 12.1. The molecule has 0 bridgehead atoms. The van der Waals surface area contributed by atoms with Gasteiger partial charge in [-0.3, -0.25) is 4.57 Å². The first-order valence-corrected chi connectivity index (χ1v) is 20.2. The minimum absolute atomic E-state index is 0.819. The summed E-state index contributed by atoms with van der Waals surface area (Å²) in [6.07, 6.45) is 0. The number of benzene rings is 9. The number of hydrogen-bond donors (Lipinski definition) is 0. The zero-order valence-electron chi connectivity index (χ0n) is 31.6. The predicted octanol–water partition coefficient (Wildman–Crippen LogP) is 13.8. The van der Waals surface area contributed by atoms with Gasteiger partial charge in [0.05, 0.1) is 49.7 Å². The molecule has 0 radical (unpaired) electrons. The van der Waals surface area contributed by atoms with Gasteiger partial charge in [0.2, 0.25) is 0 Å². The minimum atomic E-state index is 0.819. The second kappa shape index (κ2) is 11.3. The Morgan fingerprint density at radius 1 is 0.339 bits per heavy atom. The Hall–Kier alpha value is -8.02. The van der Waals surface area contributed by atoms with E-state index in [0.29, 0.717) is 0 Å². The molecule has 59 heavy (non-hydrogen) atoms. The van der Waals surface area contributed by atoms with Gasteiger partial charge >= 0.3 is 0 Å². The van der Waals surface area contributed by atoms with Crippen LogP contribution in [0.2, 0.25) is 0 Å². The predicted molar refractivity (Wildman–Crippen MR) is 246 cm³/mol. The van der Waals surface area contributed by atoms with E-state index in [9.17, 15) is 0 Å². The quantitative estimate of drug-likeness (QED) is 0.169. The Bertz CT molecular complexity index is 4060. The van der Waals surface area contributed by atoms with Gasteiger partial charge in [-0.2, -0.15) is 0 Å². The summed E-state index contributed by atoms with van der Waals surface area (Å²) in [5.74, 6) is 0.819. The van der Waals surface area contributed by atoms with Crippen LogP contribution in [0.3, 0.4) is 0 Å². The Morgan fingerprint density at radius 2 is 0.949 bits per heavy atom. The molecule has 14 aromatic rings. The Balaban J connectivity index is 1.22. The van der Waals surface area contributed by atoms with Crippen molar-refractivity contribution in [1.29, 1.82) is 0 Å². The molecule has 5 aromatic heterocycles. The van der Waals surface area contributed by atoms with Crippen LogP contribution in [0.5, 0.6) is 0 Å². The lowest BCUT2D eigenvalue weighted by atomic mass is 10.0. The molecule has 0 saturated carbocycles. The third-order valence-electron chi connectivity index (χ3n) is 12.7. The topological polar surface area (TPSA) is 40.0 Å². The molecular formula is C54H31N5. The molecule has 9 aromatic carbocycles. The number of para-hydroxylation sites is 3. The number of hydrogen-bond acceptors (Lipinski definition) is 2. The third kappa shape index (κ3) is 3.98. The van der Waals surface area contributed by atoms with Crippen molar-refractivity contribution >= 4 is 104 Å². The minimum Gasteiger partial charge on any atom is -0.309 e. The highest BCUT2D eigenvalue weighted by atomic mass is 15.1. The lowest BCUT2D eigenvalue weighted by Crippen LogP contribution is -2.04. The molecule has 0 spiro atoms. The first kappa shape index (κ1) is 31.1. The lowest BCUT2D eigenvalue weighted by molar-refractivity contribution is 1.08. The molecule has 14 rings (SSSR count). The molecule has 0 N–H and O–H groups in total. The van der Waals surface area contributed by atoms with E-state index >= 15 is 0 Å². The van der Waals surface area contributed by atoms with Crippen molar-refractivity contribution in [2.75, 3.05) is 0 Å². The molecule has 272 valence electrons. The van der Waals surface area contributed by atoms with Gasteiger partial charge in [0.1, 0.15) is 5.69 Å². The molecule has 0 atom stereocenters. The fraction of sp³-hybridized carbons (Fsp3) is 0. The van der Waals surface area contributed by atoms with Crippen LogP contribution in [-0.2, 0) is 0 Å². The smallest absolute Gasteiger partial charge is 0.165 e. The van der Waals surface area contributed by atoms with Gasteiger partial charge in [-0.25, -0.2) is 9.97 Å². The second-order valence-electron chi connectivity index (χ2n) is 15.7. The van der Waals surface area contributed by atoms with Crippen LogP contribution in [0.15, 0.2) is 188 Å². The highest BCUT2D eigenvalue weighted by Crippen LogP contribution is 2.47. The van der Waals surface area contributed by atoms with E-state index in [4.69, 9.17) is 9.97 Å². The van der Waals surface area contributed by atoms with Gasteiger partial charge in [-0.15, -0.1) is 0 Å². The average molecular weight is 750 g/mol. The van der Waals surface area contributed by atoms with Crippen molar-refractivity contribution in [3.8, 4) is 22.8 Å². The van der Waals surface area contributed by atoms with Gasteiger partial charge in [-0.1, -0.05) is 140 Å². The van der Waals surface area contributed by atoms with Crippen LogP contribution in [0, 0.1) is 0 Å². The van der Waals surface area contributed by atoms with E-state index in [-0.39, 0.29) is 0 Å². The van der Waals surface area contributed by atoms with Crippen molar-refractivity contribution in [2.45, 2.75) is 0 Å². The molecule has 0 amide bonds. The summed E-state index contributed by atoms with van der Waals surface area (Å²) in [7, 11) is 0. The maximum atomic E-state index is 5.65.